The van der Waals surface area contributed by atoms with Gasteiger partial charge in [-0.05, 0) is 12.0 Å². The van der Waals surface area contributed by atoms with E-state index in [1.54, 1.807) is 0 Å². The Balaban J connectivity index is 2.64. The molecule has 0 bridgehead atoms. The minimum atomic E-state index is -0.356. The van der Waals surface area contributed by atoms with Crippen LogP contribution >= 0.6 is 11.6 Å². The average molecular weight is 270 g/mol. The van der Waals surface area contributed by atoms with Crippen molar-refractivity contribution in [2.75, 3.05) is 13.0 Å². The van der Waals surface area contributed by atoms with Gasteiger partial charge in [0.2, 0.25) is 5.91 Å². The van der Waals surface area contributed by atoms with Gasteiger partial charge in [-0.1, -0.05) is 30.3 Å². The maximum absolute atomic E-state index is 11.3. The van der Waals surface area contributed by atoms with Gasteiger partial charge in [-0.15, -0.1) is 11.6 Å². The zero-order valence-electron chi connectivity index (χ0n) is 10.2. The van der Waals surface area contributed by atoms with Crippen molar-refractivity contribution in [3.8, 4) is 0 Å². The standard InChI is InChI=1S/C13H16ClNO3/c1-18-13(17)8-11(15-12(16)9-14)7-10-5-3-2-4-6-10/h2-6,11H,7-9H2,1H3,(H,15,16)/t11-/m1/s1. The molecule has 1 aromatic rings. The second-order valence-electron chi connectivity index (χ2n) is 3.87. The van der Waals surface area contributed by atoms with Crippen LogP contribution in [0, 0.1) is 0 Å². The van der Waals surface area contributed by atoms with Crippen molar-refractivity contribution in [1.82, 2.24) is 5.32 Å². The van der Waals surface area contributed by atoms with Crippen molar-refractivity contribution in [2.24, 2.45) is 0 Å². The maximum Gasteiger partial charge on any atom is 0.307 e. The van der Waals surface area contributed by atoms with Crippen LogP contribution in [0.4, 0.5) is 0 Å². The summed E-state index contributed by atoms with van der Waals surface area (Å²) in [5.74, 6) is -0.765. The normalized spacial score (nSPS) is 11.7. The van der Waals surface area contributed by atoms with Gasteiger partial charge in [-0.3, -0.25) is 9.59 Å². The quantitative estimate of drug-likeness (QED) is 0.629. The van der Waals surface area contributed by atoms with Crippen molar-refractivity contribution in [1.29, 1.82) is 0 Å². The summed E-state index contributed by atoms with van der Waals surface area (Å²) in [6.45, 7) is 0. The lowest BCUT2D eigenvalue weighted by Crippen LogP contribution is -2.39. The zero-order chi connectivity index (χ0) is 13.4. The van der Waals surface area contributed by atoms with Gasteiger partial charge in [0.05, 0.1) is 13.5 Å². The molecule has 0 unspecified atom stereocenters. The number of benzene rings is 1. The molecule has 98 valence electrons. The molecule has 0 aliphatic rings. The average Bonchev–Trinajstić information content (AvgIpc) is 2.39. The summed E-state index contributed by atoms with van der Waals surface area (Å²) in [6, 6.07) is 9.32. The number of ether oxygens (including phenoxy) is 1. The van der Waals surface area contributed by atoms with Crippen LogP contribution in [0.15, 0.2) is 30.3 Å². The van der Waals surface area contributed by atoms with Crippen LogP contribution in [-0.4, -0.2) is 30.9 Å². The first-order valence-electron chi connectivity index (χ1n) is 5.61. The number of hydrogen-bond acceptors (Lipinski definition) is 3. The molecule has 1 amide bonds. The predicted molar refractivity (Wildman–Crippen MR) is 69.4 cm³/mol. The molecular formula is C13H16ClNO3. The number of esters is 1. The molecule has 0 aliphatic heterocycles. The van der Waals surface area contributed by atoms with Crippen LogP contribution in [0.25, 0.3) is 0 Å². The van der Waals surface area contributed by atoms with E-state index in [1.165, 1.54) is 7.11 Å². The summed E-state index contributed by atoms with van der Waals surface area (Å²) >= 11 is 5.44. The molecule has 1 N–H and O–H groups in total. The summed E-state index contributed by atoms with van der Waals surface area (Å²) in [6.07, 6.45) is 0.701. The molecule has 0 spiro atoms. The van der Waals surface area contributed by atoms with Gasteiger partial charge in [0, 0.05) is 6.04 Å². The third-order valence-corrected chi connectivity index (χ3v) is 2.69. The minimum absolute atomic E-state index is 0.119. The van der Waals surface area contributed by atoms with Gasteiger partial charge in [0.25, 0.3) is 0 Å². The number of hydrogen-bond donors (Lipinski definition) is 1. The summed E-state index contributed by atoms with van der Waals surface area (Å²) in [5, 5.41) is 2.71. The summed E-state index contributed by atoms with van der Waals surface area (Å²) in [5.41, 5.74) is 1.04. The molecule has 0 fully saturated rings. The molecule has 0 aromatic heterocycles. The van der Waals surface area contributed by atoms with Crippen molar-refractivity contribution >= 4 is 23.5 Å². The van der Waals surface area contributed by atoms with Crippen molar-refractivity contribution in [2.45, 2.75) is 18.9 Å². The molecule has 0 heterocycles. The highest BCUT2D eigenvalue weighted by Crippen LogP contribution is 2.06. The van der Waals surface area contributed by atoms with E-state index in [9.17, 15) is 9.59 Å². The number of halogens is 1. The van der Waals surface area contributed by atoms with Crippen LogP contribution in [0.5, 0.6) is 0 Å². The number of amides is 1. The molecule has 1 atom stereocenters. The Morgan fingerprint density at radius 2 is 2.00 bits per heavy atom. The van der Waals surface area contributed by atoms with Crippen LogP contribution in [-0.2, 0) is 20.7 Å². The molecule has 1 aromatic carbocycles. The number of methoxy groups -OCH3 is 1. The third kappa shape index (κ3) is 5.19. The Bertz CT molecular complexity index is 376. The van der Waals surface area contributed by atoms with Gasteiger partial charge in [0.1, 0.15) is 5.88 Å². The Labute approximate surface area is 111 Å². The number of nitrogens with one attached hydrogen (secondary N) is 1. The highest BCUT2D eigenvalue weighted by Gasteiger charge is 2.16. The van der Waals surface area contributed by atoms with Gasteiger partial charge in [-0.2, -0.15) is 0 Å². The smallest absolute Gasteiger partial charge is 0.307 e. The maximum atomic E-state index is 11.3. The molecule has 1 rings (SSSR count). The minimum Gasteiger partial charge on any atom is -0.469 e. The zero-order valence-corrected chi connectivity index (χ0v) is 10.9. The molecule has 0 aliphatic carbocycles. The van der Waals surface area contributed by atoms with Crippen molar-refractivity contribution in [3.05, 3.63) is 35.9 Å². The lowest BCUT2D eigenvalue weighted by atomic mass is 10.0. The first-order valence-corrected chi connectivity index (χ1v) is 6.15. The number of rotatable bonds is 6. The molecule has 4 nitrogen and oxygen atoms in total. The molecule has 0 saturated carbocycles. The van der Waals surface area contributed by atoms with Crippen LogP contribution < -0.4 is 5.32 Å². The number of carbonyl (C=O) groups excluding carboxylic acids is 2. The second-order valence-corrected chi connectivity index (χ2v) is 4.14. The molecule has 0 saturated heterocycles. The van der Waals surface area contributed by atoms with E-state index in [0.29, 0.717) is 6.42 Å². The second kappa shape index (κ2) is 7.71. The van der Waals surface area contributed by atoms with Crippen molar-refractivity contribution in [3.63, 3.8) is 0 Å². The Hall–Kier alpha value is -1.55. The van der Waals surface area contributed by atoms with Gasteiger partial charge >= 0.3 is 5.97 Å². The lowest BCUT2D eigenvalue weighted by molar-refractivity contribution is -0.141. The fraction of sp³-hybridized carbons (Fsp3) is 0.385. The molecule has 18 heavy (non-hydrogen) atoms. The summed E-state index contributed by atoms with van der Waals surface area (Å²) in [7, 11) is 1.32. The highest BCUT2D eigenvalue weighted by atomic mass is 35.5. The van der Waals surface area contributed by atoms with E-state index in [4.69, 9.17) is 11.6 Å². The molecular weight excluding hydrogens is 254 g/mol. The predicted octanol–water partition coefficient (Wildman–Crippen LogP) is 1.52. The summed E-state index contributed by atoms with van der Waals surface area (Å²) in [4.78, 5) is 22.6. The molecule has 0 radical (unpaired) electrons. The topological polar surface area (TPSA) is 55.4 Å². The Morgan fingerprint density at radius 1 is 1.33 bits per heavy atom. The first-order chi connectivity index (χ1) is 8.65. The van der Waals surface area contributed by atoms with Gasteiger partial charge < -0.3 is 10.1 Å². The number of alkyl halides is 1. The fourth-order valence-corrected chi connectivity index (χ4v) is 1.70. The van der Waals surface area contributed by atoms with Gasteiger partial charge in [-0.25, -0.2) is 0 Å². The van der Waals surface area contributed by atoms with Crippen LogP contribution in [0.2, 0.25) is 0 Å². The highest BCUT2D eigenvalue weighted by molar-refractivity contribution is 6.27. The lowest BCUT2D eigenvalue weighted by Gasteiger charge is -2.17. The van der Waals surface area contributed by atoms with E-state index in [1.807, 2.05) is 30.3 Å². The van der Waals surface area contributed by atoms with Crippen molar-refractivity contribution < 1.29 is 14.3 Å². The molecule has 5 heteroatoms. The Kier molecular flexibility index (Phi) is 6.22. The van der Waals surface area contributed by atoms with E-state index < -0.39 is 0 Å². The SMILES string of the molecule is COC(=O)C[C@@H](Cc1ccccc1)NC(=O)CCl. The van der Waals surface area contributed by atoms with Crippen LogP contribution in [0.3, 0.4) is 0 Å². The van der Waals surface area contributed by atoms with E-state index in [2.05, 4.69) is 10.1 Å². The summed E-state index contributed by atoms with van der Waals surface area (Å²) < 4.78 is 4.61. The first kappa shape index (κ1) is 14.5. The monoisotopic (exact) mass is 269 g/mol. The van der Waals surface area contributed by atoms with E-state index >= 15 is 0 Å². The largest absolute Gasteiger partial charge is 0.469 e. The van der Waals surface area contributed by atoms with E-state index in [0.717, 1.165) is 5.56 Å². The van der Waals surface area contributed by atoms with Crippen LogP contribution in [0.1, 0.15) is 12.0 Å². The fourth-order valence-electron chi connectivity index (χ4n) is 1.62. The van der Waals surface area contributed by atoms with E-state index in [-0.39, 0.29) is 30.2 Å². The number of carbonyl (C=O) groups is 2. The Morgan fingerprint density at radius 3 is 2.56 bits per heavy atom. The third-order valence-electron chi connectivity index (χ3n) is 2.45. The van der Waals surface area contributed by atoms with Gasteiger partial charge in [0.15, 0.2) is 0 Å².